The van der Waals surface area contributed by atoms with Crippen LogP contribution in [-0.4, -0.2) is 23.8 Å². The average Bonchev–Trinajstić information content (AvgIpc) is 3.04. The molecular weight excluding hydrogens is 359 g/mol. The van der Waals surface area contributed by atoms with E-state index in [2.05, 4.69) is 10.3 Å². The molecule has 1 amide bonds. The van der Waals surface area contributed by atoms with Gasteiger partial charge in [0.25, 0.3) is 5.91 Å². The van der Waals surface area contributed by atoms with Gasteiger partial charge in [0.2, 0.25) is 0 Å². The summed E-state index contributed by atoms with van der Waals surface area (Å²) in [6.07, 6.45) is 1.93. The Kier molecular flexibility index (Phi) is 5.67. The summed E-state index contributed by atoms with van der Waals surface area (Å²) in [4.78, 5) is 16.7. The van der Waals surface area contributed by atoms with Gasteiger partial charge in [0.05, 0.1) is 0 Å². The van der Waals surface area contributed by atoms with Crippen molar-refractivity contribution < 1.29 is 13.9 Å². The molecule has 1 heterocycles. The number of amides is 1. The normalized spacial score (nSPS) is 10.5. The number of nitrogens with one attached hydrogen (secondary N) is 1. The van der Waals surface area contributed by atoms with Gasteiger partial charge in [-0.1, -0.05) is 65.6 Å². The van der Waals surface area contributed by atoms with E-state index in [1.54, 1.807) is 12.1 Å². The van der Waals surface area contributed by atoms with Crippen LogP contribution in [0.25, 0.3) is 11.3 Å². The second kappa shape index (κ2) is 8.13. The largest absolute Gasteiger partial charge is 0.481 e. The third kappa shape index (κ3) is 4.37. The van der Waals surface area contributed by atoms with Gasteiger partial charge in [-0.25, -0.2) is 9.37 Å². The summed E-state index contributed by atoms with van der Waals surface area (Å²) < 4.78 is 19.6. The van der Waals surface area contributed by atoms with Crippen LogP contribution in [0.15, 0.2) is 58.9 Å². The van der Waals surface area contributed by atoms with Gasteiger partial charge < -0.3 is 10.1 Å². The molecule has 3 aromatic rings. The monoisotopic (exact) mass is 374 g/mol. The zero-order valence-corrected chi connectivity index (χ0v) is 15.0. The maximum Gasteiger partial charge on any atom is 0.262 e. The molecule has 7 heteroatoms. The molecule has 1 N–H and O–H groups in total. The van der Waals surface area contributed by atoms with Crippen LogP contribution in [0.2, 0.25) is 0 Å². The molecule has 0 saturated carbocycles. The van der Waals surface area contributed by atoms with E-state index in [9.17, 15) is 9.18 Å². The molecule has 2 aromatic carbocycles. The molecule has 0 spiro atoms. The fraction of sp³-hybridized carbons (Fsp3) is 0.111. The predicted molar refractivity (Wildman–Crippen MR) is 99.9 cm³/mol. The van der Waals surface area contributed by atoms with Gasteiger partial charge in [-0.05, 0) is 18.4 Å². The van der Waals surface area contributed by atoms with Crippen molar-refractivity contribution >= 4 is 34.0 Å². The molecule has 0 radical (unpaired) electrons. The zero-order valence-electron chi connectivity index (χ0n) is 13.4. The average molecular weight is 374 g/mol. The topological polar surface area (TPSA) is 51.2 Å². The minimum Gasteiger partial charge on any atom is -0.481 e. The van der Waals surface area contributed by atoms with Gasteiger partial charge in [0.1, 0.15) is 10.7 Å². The lowest BCUT2D eigenvalue weighted by Gasteiger charge is -2.08. The number of ether oxygens (including phenoxy) is 1. The number of rotatable bonds is 6. The highest BCUT2D eigenvalue weighted by Gasteiger charge is 2.16. The Morgan fingerprint density at radius 2 is 1.92 bits per heavy atom. The number of carbonyl (C=O) groups is 1. The fourth-order valence-corrected chi connectivity index (χ4v) is 3.63. The number of benzene rings is 2. The third-order valence-corrected chi connectivity index (χ3v) is 5.23. The first kappa shape index (κ1) is 17.4. The van der Waals surface area contributed by atoms with Crippen molar-refractivity contribution in [3.63, 3.8) is 0 Å². The highest BCUT2D eigenvalue weighted by atomic mass is 32.2. The van der Waals surface area contributed by atoms with E-state index < -0.39 is 5.82 Å². The lowest BCUT2D eigenvalue weighted by Crippen LogP contribution is -2.20. The summed E-state index contributed by atoms with van der Waals surface area (Å²) in [7, 11) is 0. The number of aromatic nitrogens is 1. The molecule has 4 nitrogen and oxygen atoms in total. The first-order valence-electron chi connectivity index (χ1n) is 7.45. The van der Waals surface area contributed by atoms with E-state index in [4.69, 9.17) is 4.74 Å². The minimum atomic E-state index is -0.497. The lowest BCUT2D eigenvalue weighted by atomic mass is 10.2. The molecule has 0 fully saturated rings. The number of hydrogen-bond donors (Lipinski definition) is 1. The van der Waals surface area contributed by atoms with Gasteiger partial charge >= 0.3 is 0 Å². The standard InChI is InChI=1S/C18H15FN2O2S2/c1-24-18-21-16(12-7-3-2-4-8-12)17(25-18)20-15(22)11-23-14-10-6-5-9-13(14)19/h2-10H,11H2,1H3,(H,20,22). The van der Waals surface area contributed by atoms with Crippen molar-refractivity contribution in [3.8, 4) is 17.0 Å². The SMILES string of the molecule is CSc1nc(-c2ccccc2)c(NC(=O)COc2ccccc2F)s1. The van der Waals surface area contributed by atoms with Crippen LogP contribution in [0.4, 0.5) is 9.39 Å². The zero-order chi connectivity index (χ0) is 17.6. The first-order valence-corrected chi connectivity index (χ1v) is 9.49. The Morgan fingerprint density at radius 1 is 1.20 bits per heavy atom. The molecule has 0 saturated heterocycles. The summed E-state index contributed by atoms with van der Waals surface area (Å²) in [5, 5.41) is 3.46. The van der Waals surface area contributed by atoms with Crippen LogP contribution in [-0.2, 0) is 4.79 Å². The van der Waals surface area contributed by atoms with Gasteiger partial charge in [-0.15, -0.1) is 0 Å². The number of nitrogens with zero attached hydrogens (tertiary/aromatic N) is 1. The number of hydrogen-bond acceptors (Lipinski definition) is 5. The van der Waals surface area contributed by atoms with E-state index in [1.165, 1.54) is 35.2 Å². The Hall–Kier alpha value is -2.38. The number of para-hydroxylation sites is 1. The van der Waals surface area contributed by atoms with Gasteiger partial charge in [0.15, 0.2) is 22.5 Å². The fourth-order valence-electron chi connectivity index (χ4n) is 2.13. The van der Waals surface area contributed by atoms with Crippen molar-refractivity contribution in [1.29, 1.82) is 0 Å². The number of thioether (sulfide) groups is 1. The van der Waals surface area contributed by atoms with E-state index in [-0.39, 0.29) is 18.3 Å². The van der Waals surface area contributed by atoms with Crippen molar-refractivity contribution in [2.75, 3.05) is 18.2 Å². The summed E-state index contributed by atoms with van der Waals surface area (Å²) in [6.45, 7) is -0.276. The summed E-state index contributed by atoms with van der Waals surface area (Å²) in [5.74, 6) is -0.811. The van der Waals surface area contributed by atoms with Gasteiger partial charge in [0, 0.05) is 5.56 Å². The maximum atomic E-state index is 13.5. The summed E-state index contributed by atoms with van der Waals surface area (Å²) in [5.41, 5.74) is 1.64. The van der Waals surface area contributed by atoms with Crippen molar-refractivity contribution in [1.82, 2.24) is 4.98 Å². The molecule has 25 heavy (non-hydrogen) atoms. The number of anilines is 1. The molecule has 0 aliphatic heterocycles. The van der Waals surface area contributed by atoms with Gasteiger partial charge in [-0.2, -0.15) is 0 Å². The van der Waals surface area contributed by atoms with Crippen LogP contribution < -0.4 is 10.1 Å². The van der Waals surface area contributed by atoms with E-state index in [1.807, 2.05) is 36.6 Å². The highest BCUT2D eigenvalue weighted by Crippen LogP contribution is 2.36. The molecule has 0 bridgehead atoms. The number of halogens is 1. The molecule has 0 aliphatic rings. The summed E-state index contributed by atoms with van der Waals surface area (Å²) >= 11 is 2.91. The van der Waals surface area contributed by atoms with Crippen molar-refractivity contribution in [2.24, 2.45) is 0 Å². The number of carbonyl (C=O) groups excluding carboxylic acids is 1. The van der Waals surface area contributed by atoms with Crippen LogP contribution in [0.3, 0.4) is 0 Å². The number of thiazole rings is 1. The highest BCUT2D eigenvalue weighted by molar-refractivity contribution is 8.00. The molecule has 3 rings (SSSR count). The van der Waals surface area contributed by atoms with E-state index in [0.29, 0.717) is 10.7 Å². The second-order valence-electron chi connectivity index (χ2n) is 4.99. The third-order valence-electron chi connectivity index (χ3n) is 3.28. The molecular formula is C18H15FN2O2S2. The lowest BCUT2D eigenvalue weighted by molar-refractivity contribution is -0.118. The quantitative estimate of drug-likeness (QED) is 0.636. The van der Waals surface area contributed by atoms with E-state index >= 15 is 0 Å². The first-order chi connectivity index (χ1) is 12.2. The van der Waals surface area contributed by atoms with Crippen LogP contribution in [0.1, 0.15) is 0 Å². The van der Waals surface area contributed by atoms with E-state index in [0.717, 1.165) is 9.90 Å². The molecule has 0 aliphatic carbocycles. The molecule has 1 aromatic heterocycles. The summed E-state index contributed by atoms with van der Waals surface area (Å²) in [6, 6.07) is 15.6. The Labute approximate surface area is 153 Å². The Bertz CT molecular complexity index is 869. The minimum absolute atomic E-state index is 0.0510. The molecule has 0 unspecified atom stereocenters. The molecule has 0 atom stereocenters. The maximum absolute atomic E-state index is 13.5. The smallest absolute Gasteiger partial charge is 0.262 e. The Morgan fingerprint density at radius 3 is 2.64 bits per heavy atom. The molecule has 128 valence electrons. The predicted octanol–water partition coefficient (Wildman–Crippen LogP) is 4.69. The van der Waals surface area contributed by atoms with Crippen molar-refractivity contribution in [2.45, 2.75) is 4.34 Å². The van der Waals surface area contributed by atoms with Crippen LogP contribution >= 0.6 is 23.1 Å². The van der Waals surface area contributed by atoms with Gasteiger partial charge in [-0.3, -0.25) is 4.79 Å². The second-order valence-corrected chi connectivity index (χ2v) is 7.05. The Balaban J connectivity index is 1.73. The van der Waals surface area contributed by atoms with Crippen LogP contribution in [0, 0.1) is 5.82 Å². The van der Waals surface area contributed by atoms with Crippen molar-refractivity contribution in [3.05, 3.63) is 60.4 Å². The van der Waals surface area contributed by atoms with Crippen LogP contribution in [0.5, 0.6) is 5.75 Å².